The summed E-state index contributed by atoms with van der Waals surface area (Å²) in [6.45, 7) is 0. The number of anilines is 1. The first-order valence-corrected chi connectivity index (χ1v) is 7.49. The third-order valence-corrected chi connectivity index (χ3v) is 4.21. The minimum Gasteiger partial charge on any atom is -0.479 e. The molecule has 1 unspecified atom stereocenters. The third kappa shape index (κ3) is 3.71. The van der Waals surface area contributed by atoms with Crippen LogP contribution in [-0.2, 0) is 4.79 Å². The molecule has 0 amide bonds. The van der Waals surface area contributed by atoms with Crippen molar-refractivity contribution in [2.45, 2.75) is 6.04 Å². The first kappa shape index (κ1) is 15.3. The Bertz CT molecular complexity index is 635. The van der Waals surface area contributed by atoms with E-state index in [9.17, 15) is 9.90 Å². The van der Waals surface area contributed by atoms with Gasteiger partial charge in [0.15, 0.2) is 6.04 Å². The van der Waals surface area contributed by atoms with E-state index >= 15 is 0 Å². The van der Waals surface area contributed by atoms with E-state index in [1.54, 1.807) is 36.5 Å². The minimum absolute atomic E-state index is 0.423. The number of rotatable bonds is 4. The number of nitrogens with zero attached hydrogens (tertiary/aromatic N) is 1. The molecule has 0 radical (unpaired) electrons. The number of nitrogens with one attached hydrogen (secondary N) is 1. The second-order valence-electron chi connectivity index (χ2n) is 3.95. The Morgan fingerprint density at radius 3 is 2.60 bits per heavy atom. The van der Waals surface area contributed by atoms with Crippen LogP contribution in [0.4, 0.5) is 5.69 Å². The number of carbonyl (C=O) groups is 1. The van der Waals surface area contributed by atoms with Crippen LogP contribution in [0.3, 0.4) is 0 Å². The lowest BCUT2D eigenvalue weighted by Crippen LogP contribution is -2.21. The van der Waals surface area contributed by atoms with Crippen LogP contribution in [0.1, 0.15) is 11.7 Å². The first-order chi connectivity index (χ1) is 9.47. The van der Waals surface area contributed by atoms with E-state index in [2.05, 4.69) is 42.2 Å². The molecule has 1 aromatic heterocycles. The van der Waals surface area contributed by atoms with E-state index < -0.39 is 12.0 Å². The molecule has 0 aliphatic rings. The summed E-state index contributed by atoms with van der Waals surface area (Å²) in [5.74, 6) is -1.01. The maximum atomic E-state index is 11.4. The Hall–Kier alpha value is -1.11. The Labute approximate surface area is 137 Å². The van der Waals surface area contributed by atoms with Crippen molar-refractivity contribution in [3.8, 4) is 0 Å². The summed E-state index contributed by atoms with van der Waals surface area (Å²) in [6.07, 6.45) is 1.56. The average molecular weight is 420 g/mol. The van der Waals surface area contributed by atoms with Gasteiger partial charge in [0.25, 0.3) is 0 Å². The molecule has 7 heteroatoms. The summed E-state index contributed by atoms with van der Waals surface area (Å²) in [7, 11) is 0. The van der Waals surface area contributed by atoms with Gasteiger partial charge in [-0.15, -0.1) is 0 Å². The van der Waals surface area contributed by atoms with Crippen LogP contribution in [0, 0.1) is 0 Å². The molecule has 104 valence electrons. The fourth-order valence-corrected chi connectivity index (χ4v) is 2.30. The van der Waals surface area contributed by atoms with Gasteiger partial charge in [0.2, 0.25) is 0 Å². The van der Waals surface area contributed by atoms with Crippen LogP contribution in [0.25, 0.3) is 0 Å². The zero-order valence-corrected chi connectivity index (χ0v) is 13.9. The number of aliphatic carboxylic acids is 1. The highest BCUT2D eigenvalue weighted by Gasteiger charge is 2.21. The molecule has 0 bridgehead atoms. The fourth-order valence-electron chi connectivity index (χ4n) is 1.57. The van der Waals surface area contributed by atoms with Gasteiger partial charge in [-0.3, -0.25) is 4.98 Å². The van der Waals surface area contributed by atoms with Gasteiger partial charge in [-0.2, -0.15) is 0 Å². The van der Waals surface area contributed by atoms with Crippen molar-refractivity contribution >= 4 is 55.1 Å². The Kier molecular flexibility index (Phi) is 5.01. The molecule has 0 saturated carbocycles. The number of benzene rings is 1. The predicted octanol–water partition coefficient (Wildman–Crippen LogP) is 4.50. The largest absolute Gasteiger partial charge is 0.479 e. The van der Waals surface area contributed by atoms with Crippen molar-refractivity contribution in [2.24, 2.45) is 0 Å². The second kappa shape index (κ2) is 6.56. The fraction of sp³-hybridized carbons (Fsp3) is 0.0769. The second-order valence-corrected chi connectivity index (χ2v) is 6.12. The normalized spacial score (nSPS) is 11.9. The third-order valence-electron chi connectivity index (χ3n) is 2.52. The number of carboxylic acid groups (broad SMARTS) is 1. The monoisotopic (exact) mass is 418 g/mol. The lowest BCUT2D eigenvalue weighted by Gasteiger charge is -2.15. The molecule has 20 heavy (non-hydrogen) atoms. The van der Waals surface area contributed by atoms with Crippen molar-refractivity contribution in [1.29, 1.82) is 0 Å². The number of carboxylic acids is 1. The Morgan fingerprint density at radius 1 is 1.30 bits per heavy atom. The molecule has 0 aliphatic carbocycles. The Morgan fingerprint density at radius 2 is 2.05 bits per heavy atom. The van der Waals surface area contributed by atoms with Crippen LogP contribution in [0.15, 0.2) is 45.5 Å². The molecule has 1 heterocycles. The molecule has 2 N–H and O–H groups in total. The zero-order valence-electron chi connectivity index (χ0n) is 9.98. The van der Waals surface area contributed by atoms with E-state index in [0.717, 1.165) is 4.47 Å². The molecule has 0 spiro atoms. The van der Waals surface area contributed by atoms with Crippen LogP contribution in [-0.4, -0.2) is 16.1 Å². The van der Waals surface area contributed by atoms with E-state index in [0.29, 0.717) is 20.9 Å². The number of pyridine rings is 1. The molecule has 0 fully saturated rings. The number of halogens is 3. The number of aromatic nitrogens is 1. The molecule has 1 aromatic carbocycles. The summed E-state index contributed by atoms with van der Waals surface area (Å²) >= 11 is 12.5. The van der Waals surface area contributed by atoms with Gasteiger partial charge in [0.05, 0.1) is 10.7 Å². The smallest absolute Gasteiger partial charge is 0.332 e. The van der Waals surface area contributed by atoms with Gasteiger partial charge < -0.3 is 10.4 Å². The quantitative estimate of drug-likeness (QED) is 0.765. The Balaban J connectivity index is 2.27. The highest BCUT2D eigenvalue weighted by Crippen LogP contribution is 2.27. The number of hydrogen-bond acceptors (Lipinski definition) is 3. The maximum absolute atomic E-state index is 11.4. The summed E-state index contributed by atoms with van der Waals surface area (Å²) in [6, 6.07) is 7.58. The molecule has 1 atom stereocenters. The van der Waals surface area contributed by atoms with Gasteiger partial charge in [-0.1, -0.05) is 11.6 Å². The van der Waals surface area contributed by atoms with Crippen molar-refractivity contribution in [3.63, 3.8) is 0 Å². The highest BCUT2D eigenvalue weighted by molar-refractivity contribution is 9.10. The van der Waals surface area contributed by atoms with E-state index in [4.69, 9.17) is 11.6 Å². The molecular formula is C13H9Br2ClN2O2. The van der Waals surface area contributed by atoms with E-state index in [1.165, 1.54) is 0 Å². The summed E-state index contributed by atoms with van der Waals surface area (Å²) in [4.78, 5) is 15.5. The lowest BCUT2D eigenvalue weighted by atomic mass is 10.1. The summed E-state index contributed by atoms with van der Waals surface area (Å²) in [5.41, 5.74) is 1.06. The maximum Gasteiger partial charge on any atom is 0.332 e. The topological polar surface area (TPSA) is 62.2 Å². The predicted molar refractivity (Wildman–Crippen MR) is 85.1 cm³/mol. The van der Waals surface area contributed by atoms with Crippen LogP contribution >= 0.6 is 43.5 Å². The van der Waals surface area contributed by atoms with Gasteiger partial charge in [0, 0.05) is 20.8 Å². The number of hydrogen-bond donors (Lipinski definition) is 2. The van der Waals surface area contributed by atoms with Crippen molar-refractivity contribution < 1.29 is 9.90 Å². The SMILES string of the molecule is O=C(O)C(Nc1ccc(Cl)c(Br)c1)c1ccc(Br)cn1. The van der Waals surface area contributed by atoms with Gasteiger partial charge >= 0.3 is 5.97 Å². The van der Waals surface area contributed by atoms with Crippen LogP contribution in [0.5, 0.6) is 0 Å². The molecule has 0 saturated heterocycles. The van der Waals surface area contributed by atoms with E-state index in [1.807, 2.05) is 0 Å². The molecule has 2 aromatic rings. The summed E-state index contributed by atoms with van der Waals surface area (Å²) in [5, 5.41) is 12.8. The van der Waals surface area contributed by atoms with E-state index in [-0.39, 0.29) is 0 Å². The van der Waals surface area contributed by atoms with Crippen LogP contribution < -0.4 is 5.32 Å². The van der Waals surface area contributed by atoms with Crippen molar-refractivity contribution in [3.05, 3.63) is 56.2 Å². The molecule has 4 nitrogen and oxygen atoms in total. The lowest BCUT2D eigenvalue weighted by molar-refractivity contribution is -0.138. The van der Waals surface area contributed by atoms with Gasteiger partial charge in [-0.25, -0.2) is 4.79 Å². The van der Waals surface area contributed by atoms with Crippen LogP contribution in [0.2, 0.25) is 5.02 Å². The first-order valence-electron chi connectivity index (χ1n) is 5.53. The molecule has 0 aliphatic heterocycles. The summed E-state index contributed by atoms with van der Waals surface area (Å²) < 4.78 is 1.48. The highest BCUT2D eigenvalue weighted by atomic mass is 79.9. The van der Waals surface area contributed by atoms with Crippen molar-refractivity contribution in [1.82, 2.24) is 4.98 Å². The van der Waals surface area contributed by atoms with Gasteiger partial charge in [0.1, 0.15) is 0 Å². The zero-order chi connectivity index (χ0) is 14.7. The molecular weight excluding hydrogens is 411 g/mol. The van der Waals surface area contributed by atoms with Gasteiger partial charge in [-0.05, 0) is 62.2 Å². The standard InChI is InChI=1S/C13H9Br2ClN2O2/c14-7-1-4-11(17-6-7)12(13(19)20)18-8-2-3-10(16)9(15)5-8/h1-6,12,18H,(H,19,20). The van der Waals surface area contributed by atoms with Crippen molar-refractivity contribution in [2.75, 3.05) is 5.32 Å². The average Bonchev–Trinajstić information content (AvgIpc) is 2.41. The minimum atomic E-state index is -1.01. The molecule has 2 rings (SSSR count).